The number of halogens is 2. The number of aliphatic imine (C=N–C) groups is 1. The van der Waals surface area contributed by atoms with Gasteiger partial charge < -0.3 is 0 Å². The Morgan fingerprint density at radius 2 is 1.94 bits per heavy atom. The number of rotatable bonds is 4. The first kappa shape index (κ1) is 23.7. The van der Waals surface area contributed by atoms with Crippen LogP contribution in [0.1, 0.15) is 53.8 Å². The molecule has 184 valence electrons. The van der Waals surface area contributed by atoms with Gasteiger partial charge in [-0.2, -0.15) is 0 Å². The van der Waals surface area contributed by atoms with Crippen molar-refractivity contribution in [3.63, 3.8) is 0 Å². The van der Waals surface area contributed by atoms with Crippen molar-refractivity contribution >= 4 is 17.7 Å². The molecule has 0 spiro atoms. The topological polar surface area (TPSA) is 53.7 Å². The summed E-state index contributed by atoms with van der Waals surface area (Å²) in [6.07, 6.45) is 0. The Morgan fingerprint density at radius 1 is 1.14 bits per heavy atom. The highest BCUT2D eigenvalue weighted by molar-refractivity contribution is 6.18. The van der Waals surface area contributed by atoms with Crippen molar-refractivity contribution in [2.45, 2.75) is 40.3 Å². The summed E-state index contributed by atoms with van der Waals surface area (Å²) in [5, 5.41) is 0. The Balaban J connectivity index is 1.68. The summed E-state index contributed by atoms with van der Waals surface area (Å²) in [5.41, 5.74) is 2.42. The fourth-order valence-electron chi connectivity index (χ4n) is 4.57. The third kappa shape index (κ3) is 4.15. The van der Waals surface area contributed by atoms with Crippen molar-refractivity contribution in [1.82, 2.24) is 14.5 Å². The van der Waals surface area contributed by atoms with Crippen LogP contribution in [-0.4, -0.2) is 45.4 Å². The number of aromatic nitrogens is 2. The number of benzene rings is 2. The van der Waals surface area contributed by atoms with Gasteiger partial charge in [0, 0.05) is 23.7 Å². The molecule has 1 amide bonds. The van der Waals surface area contributed by atoms with Gasteiger partial charge in [-0.3, -0.25) is 19.2 Å². The molecule has 2 aliphatic heterocycles. The zero-order chi connectivity index (χ0) is 25.6. The molecule has 0 fully saturated rings. The Bertz CT molecular complexity index is 1450. The van der Waals surface area contributed by atoms with E-state index in [0.717, 1.165) is 17.2 Å². The number of aryl methyl sites for hydroxylation is 1. The molecule has 6 nitrogen and oxygen atoms in total. The number of carbonyl (C=O) groups excluding carboxylic acids is 1. The Morgan fingerprint density at radius 3 is 2.64 bits per heavy atom. The molecule has 0 bridgehead atoms. The molecular formula is C28H27F2N5O. The van der Waals surface area contributed by atoms with Gasteiger partial charge in [0.1, 0.15) is 17.5 Å². The van der Waals surface area contributed by atoms with Crippen LogP contribution in [0.15, 0.2) is 47.5 Å². The molecule has 0 saturated carbocycles. The molecule has 8 heteroatoms. The Labute approximate surface area is 209 Å². The van der Waals surface area contributed by atoms with Crippen LogP contribution in [0.2, 0.25) is 0 Å². The monoisotopic (exact) mass is 487 g/mol. The molecule has 0 saturated heterocycles. The zero-order valence-electron chi connectivity index (χ0n) is 20.7. The average Bonchev–Trinajstić information content (AvgIpc) is 3.42. The van der Waals surface area contributed by atoms with Crippen LogP contribution in [0.5, 0.6) is 0 Å². The highest BCUT2D eigenvalue weighted by Crippen LogP contribution is 2.35. The number of guanidine groups is 1. The predicted molar refractivity (Wildman–Crippen MR) is 135 cm³/mol. The van der Waals surface area contributed by atoms with E-state index in [9.17, 15) is 13.6 Å². The lowest BCUT2D eigenvalue weighted by Crippen LogP contribution is -2.50. The fraction of sp³-hybridized carbons (Fsp3) is 0.321. The van der Waals surface area contributed by atoms with Gasteiger partial charge in [-0.1, -0.05) is 38.0 Å². The maximum atomic E-state index is 14.7. The fourth-order valence-corrected chi connectivity index (χ4v) is 4.57. The van der Waals surface area contributed by atoms with Gasteiger partial charge in [0.05, 0.1) is 19.1 Å². The van der Waals surface area contributed by atoms with Crippen molar-refractivity contribution in [2.75, 3.05) is 18.0 Å². The van der Waals surface area contributed by atoms with E-state index in [-0.39, 0.29) is 35.7 Å². The van der Waals surface area contributed by atoms with Gasteiger partial charge in [-0.15, -0.1) is 0 Å². The lowest BCUT2D eigenvalue weighted by Gasteiger charge is -2.33. The number of nitrogens with zero attached hydrogens (tertiary/aromatic N) is 5. The van der Waals surface area contributed by atoms with Gasteiger partial charge >= 0.3 is 0 Å². The highest BCUT2D eigenvalue weighted by Gasteiger charge is 2.44. The molecule has 0 radical (unpaired) electrons. The third-order valence-electron chi connectivity index (χ3n) is 6.54. The lowest BCUT2D eigenvalue weighted by atomic mass is 10.1. The minimum Gasteiger partial charge on any atom is -0.298 e. The quantitative estimate of drug-likeness (QED) is 0.506. The summed E-state index contributed by atoms with van der Waals surface area (Å²) in [4.78, 5) is 26.6. The summed E-state index contributed by atoms with van der Waals surface area (Å²) >= 11 is 0. The van der Waals surface area contributed by atoms with E-state index >= 15 is 0 Å². The Hall–Kier alpha value is -3.99. The van der Waals surface area contributed by atoms with E-state index in [1.807, 2.05) is 43.0 Å². The molecule has 0 N–H and O–H groups in total. The summed E-state index contributed by atoms with van der Waals surface area (Å²) in [6, 6.07) is 11.3. The van der Waals surface area contributed by atoms with Gasteiger partial charge in [-0.05, 0) is 49.4 Å². The van der Waals surface area contributed by atoms with E-state index in [1.165, 1.54) is 12.1 Å². The van der Waals surface area contributed by atoms with Crippen LogP contribution in [0.4, 0.5) is 14.6 Å². The number of imidazole rings is 1. The highest BCUT2D eigenvalue weighted by atomic mass is 19.1. The molecule has 0 unspecified atom stereocenters. The maximum absolute atomic E-state index is 14.7. The van der Waals surface area contributed by atoms with E-state index in [4.69, 9.17) is 4.99 Å². The van der Waals surface area contributed by atoms with Crippen molar-refractivity contribution in [3.05, 3.63) is 82.3 Å². The number of carbonyl (C=O) groups is 1. The summed E-state index contributed by atoms with van der Waals surface area (Å²) in [6.45, 7) is 9.14. The standard InChI is InChI=1S/C28H27F2N5O/c1-5-33-27(36)25-26(35-16-23(17(2)3)31-28(33)35)34(15-20-10-11-21(29)14-22(20)30)24(32-25)12-9-19-8-6-7-18(4)13-19/h6-8,10-11,13-14,17,23H,5,15-16H2,1-4H3/t23-/m0/s1. The molecular weight excluding hydrogens is 460 g/mol. The van der Waals surface area contributed by atoms with Gasteiger partial charge in [0.25, 0.3) is 5.91 Å². The zero-order valence-corrected chi connectivity index (χ0v) is 20.7. The maximum Gasteiger partial charge on any atom is 0.283 e. The van der Waals surface area contributed by atoms with E-state index < -0.39 is 11.6 Å². The van der Waals surface area contributed by atoms with Gasteiger partial charge in [-0.25, -0.2) is 18.8 Å². The largest absolute Gasteiger partial charge is 0.298 e. The van der Waals surface area contributed by atoms with Crippen molar-refractivity contribution in [2.24, 2.45) is 10.9 Å². The molecule has 2 aliphatic rings. The summed E-state index contributed by atoms with van der Waals surface area (Å²) < 4.78 is 30.0. The van der Waals surface area contributed by atoms with Gasteiger partial charge in [0.2, 0.25) is 5.96 Å². The van der Waals surface area contributed by atoms with E-state index in [0.29, 0.717) is 30.7 Å². The van der Waals surface area contributed by atoms with Crippen LogP contribution >= 0.6 is 0 Å². The predicted octanol–water partition coefficient (Wildman–Crippen LogP) is 4.59. The second-order valence-electron chi connectivity index (χ2n) is 9.45. The molecule has 36 heavy (non-hydrogen) atoms. The molecule has 5 rings (SSSR count). The molecule has 1 aromatic heterocycles. The SMILES string of the molecule is CCN1C(=O)c2nc(C#Cc3cccc(C)c3)n(Cc3ccc(F)cc3F)c2N2C[C@@H](C(C)C)N=C12. The number of amides is 1. The van der Waals surface area contributed by atoms with Crippen molar-refractivity contribution in [3.8, 4) is 11.8 Å². The number of hydrogen-bond donors (Lipinski definition) is 0. The smallest absolute Gasteiger partial charge is 0.283 e. The van der Waals surface area contributed by atoms with Crippen LogP contribution < -0.4 is 4.90 Å². The number of fused-ring (bicyclic) bond motifs is 3. The minimum absolute atomic E-state index is 0.000496. The van der Waals surface area contributed by atoms with Gasteiger partial charge in [0.15, 0.2) is 11.5 Å². The first-order valence-corrected chi connectivity index (χ1v) is 12.1. The minimum atomic E-state index is -0.664. The van der Waals surface area contributed by atoms with Crippen molar-refractivity contribution in [1.29, 1.82) is 0 Å². The number of anilines is 1. The summed E-state index contributed by atoms with van der Waals surface area (Å²) in [7, 11) is 0. The normalized spacial score (nSPS) is 16.6. The van der Waals surface area contributed by atoms with Crippen LogP contribution in [-0.2, 0) is 6.54 Å². The molecule has 2 aromatic carbocycles. The molecule has 3 heterocycles. The van der Waals surface area contributed by atoms with Crippen LogP contribution in [0.3, 0.4) is 0 Å². The molecule has 1 atom stereocenters. The van der Waals surface area contributed by atoms with E-state index in [2.05, 4.69) is 30.7 Å². The molecule has 3 aromatic rings. The number of hydrogen-bond acceptors (Lipinski definition) is 4. The van der Waals surface area contributed by atoms with Crippen LogP contribution in [0.25, 0.3) is 0 Å². The molecule has 0 aliphatic carbocycles. The van der Waals surface area contributed by atoms with E-state index in [1.54, 1.807) is 9.47 Å². The first-order valence-electron chi connectivity index (χ1n) is 12.1. The second kappa shape index (κ2) is 9.23. The lowest BCUT2D eigenvalue weighted by molar-refractivity contribution is 0.0841. The second-order valence-corrected chi connectivity index (χ2v) is 9.45. The average molecular weight is 488 g/mol. The van der Waals surface area contributed by atoms with Crippen molar-refractivity contribution < 1.29 is 13.6 Å². The summed E-state index contributed by atoms with van der Waals surface area (Å²) in [5.74, 6) is 6.38. The third-order valence-corrected chi connectivity index (χ3v) is 6.54. The first-order chi connectivity index (χ1) is 17.3. The Kier molecular flexibility index (Phi) is 6.09. The van der Waals surface area contributed by atoms with Crippen LogP contribution in [0, 0.1) is 36.3 Å².